The molecule has 0 aromatic carbocycles. The van der Waals surface area contributed by atoms with Gasteiger partial charge < -0.3 is 20.9 Å². The van der Waals surface area contributed by atoms with E-state index in [0.29, 0.717) is 10.8 Å². The van der Waals surface area contributed by atoms with Gasteiger partial charge in [-0.25, -0.2) is 4.98 Å². The van der Waals surface area contributed by atoms with Crippen LogP contribution < -0.4 is 11.1 Å². The Bertz CT molecular complexity index is 448. The van der Waals surface area contributed by atoms with Crippen LogP contribution in [0.3, 0.4) is 0 Å². The first kappa shape index (κ1) is 15.2. The third-order valence-corrected chi connectivity index (χ3v) is 3.90. The summed E-state index contributed by atoms with van der Waals surface area (Å²) in [6, 6.07) is -0.829. The summed E-state index contributed by atoms with van der Waals surface area (Å²) in [4.78, 5) is 17.3. The second kappa shape index (κ2) is 6.98. The Kier molecular flexibility index (Phi) is 5.30. The van der Waals surface area contributed by atoms with Gasteiger partial charge in [0.05, 0.1) is 18.9 Å². The summed E-state index contributed by atoms with van der Waals surface area (Å²) in [5.74, 6) is -1.07. The first-order valence-electron chi connectivity index (χ1n) is 6.56. The van der Waals surface area contributed by atoms with Crippen molar-refractivity contribution in [2.24, 2.45) is 5.73 Å². The number of aliphatic carboxylic acids is 1. The highest BCUT2D eigenvalue weighted by atomic mass is 32.1. The van der Waals surface area contributed by atoms with Gasteiger partial charge in [-0.05, 0) is 6.92 Å². The first-order valence-corrected chi connectivity index (χ1v) is 7.44. The maximum Gasteiger partial charge on any atom is 0.326 e. The summed E-state index contributed by atoms with van der Waals surface area (Å²) in [6.07, 6.45) is 0. The first-order chi connectivity index (χ1) is 9.56. The van der Waals surface area contributed by atoms with Gasteiger partial charge in [0.15, 0.2) is 5.13 Å². The molecular formula is C12H20N4O3S. The van der Waals surface area contributed by atoms with Gasteiger partial charge >= 0.3 is 5.97 Å². The number of carboxylic acid groups (broad SMARTS) is 1. The summed E-state index contributed by atoms with van der Waals surface area (Å²) >= 11 is 1.38. The van der Waals surface area contributed by atoms with E-state index in [0.717, 1.165) is 32.8 Å². The van der Waals surface area contributed by atoms with Crippen molar-refractivity contribution in [3.8, 4) is 0 Å². The molecule has 2 heterocycles. The molecule has 4 N–H and O–H groups in total. The van der Waals surface area contributed by atoms with Crippen LogP contribution in [0.25, 0.3) is 0 Å². The van der Waals surface area contributed by atoms with E-state index in [1.165, 1.54) is 11.3 Å². The topological polar surface area (TPSA) is 101 Å². The fourth-order valence-corrected chi connectivity index (χ4v) is 2.91. The predicted octanol–water partition coefficient (Wildman–Crippen LogP) is 0.360. The smallest absolute Gasteiger partial charge is 0.326 e. The number of hydrogen-bond acceptors (Lipinski definition) is 7. The number of nitrogens with zero attached hydrogens (tertiary/aromatic N) is 2. The van der Waals surface area contributed by atoms with Crippen LogP contribution in [-0.4, -0.2) is 59.8 Å². The van der Waals surface area contributed by atoms with Crippen LogP contribution in [0.5, 0.6) is 0 Å². The highest BCUT2D eigenvalue weighted by Gasteiger charge is 2.19. The molecule has 1 aliphatic rings. The molecule has 1 saturated heterocycles. The lowest BCUT2D eigenvalue weighted by Gasteiger charge is -2.29. The fraction of sp³-hybridized carbons (Fsp3) is 0.667. The third kappa shape index (κ3) is 4.14. The van der Waals surface area contributed by atoms with Crippen molar-refractivity contribution >= 4 is 22.4 Å². The summed E-state index contributed by atoms with van der Waals surface area (Å²) in [7, 11) is 0. The number of carboxylic acids is 1. The molecule has 8 heteroatoms. The number of carbonyl (C=O) groups is 1. The number of rotatable bonds is 6. The molecule has 0 bridgehead atoms. The normalized spacial score (nSPS) is 19.5. The third-order valence-electron chi connectivity index (χ3n) is 3.11. The number of anilines is 1. The molecule has 2 rings (SSSR count). The molecule has 1 fully saturated rings. The molecule has 2 atom stereocenters. The monoisotopic (exact) mass is 300 g/mol. The van der Waals surface area contributed by atoms with Crippen molar-refractivity contribution in [1.29, 1.82) is 0 Å². The molecule has 7 nitrogen and oxygen atoms in total. The van der Waals surface area contributed by atoms with Gasteiger partial charge in [-0.3, -0.25) is 9.69 Å². The summed E-state index contributed by atoms with van der Waals surface area (Å²) in [5, 5.41) is 14.5. The Hall–Kier alpha value is -1.22. The zero-order valence-electron chi connectivity index (χ0n) is 11.4. The fourth-order valence-electron chi connectivity index (χ4n) is 2.05. The standard InChI is InChI=1S/C12H20N4O3S/c1-8(6-16-2-4-19-5-3-16)14-12-15-9(7-20-12)10(13)11(17)18/h7-8,10H,2-6,13H2,1H3,(H,14,15)(H,17,18). The number of nitrogens with one attached hydrogen (secondary N) is 1. The average molecular weight is 300 g/mol. The maximum absolute atomic E-state index is 10.8. The highest BCUT2D eigenvalue weighted by molar-refractivity contribution is 7.13. The molecule has 0 aliphatic carbocycles. The van der Waals surface area contributed by atoms with E-state index in [9.17, 15) is 4.79 Å². The van der Waals surface area contributed by atoms with Crippen LogP contribution in [0.2, 0.25) is 0 Å². The van der Waals surface area contributed by atoms with Crippen molar-refractivity contribution < 1.29 is 14.6 Å². The lowest BCUT2D eigenvalue weighted by Crippen LogP contribution is -2.42. The van der Waals surface area contributed by atoms with Crippen molar-refractivity contribution in [3.63, 3.8) is 0 Å². The highest BCUT2D eigenvalue weighted by Crippen LogP contribution is 2.20. The molecule has 0 spiro atoms. The Morgan fingerprint density at radius 3 is 3.00 bits per heavy atom. The van der Waals surface area contributed by atoms with E-state index in [4.69, 9.17) is 15.6 Å². The van der Waals surface area contributed by atoms with Crippen LogP contribution in [0, 0.1) is 0 Å². The average Bonchev–Trinajstić information content (AvgIpc) is 2.87. The van der Waals surface area contributed by atoms with Crippen LogP contribution in [0.15, 0.2) is 5.38 Å². The number of thiazole rings is 1. The van der Waals surface area contributed by atoms with E-state index in [1.807, 2.05) is 0 Å². The zero-order valence-corrected chi connectivity index (χ0v) is 12.2. The van der Waals surface area contributed by atoms with Crippen molar-refractivity contribution in [2.45, 2.75) is 19.0 Å². The Labute approximate surface area is 121 Å². The molecule has 0 saturated carbocycles. The summed E-state index contributed by atoms with van der Waals surface area (Å²) < 4.78 is 5.31. The second-order valence-corrected chi connectivity index (χ2v) is 5.71. The second-order valence-electron chi connectivity index (χ2n) is 4.85. The van der Waals surface area contributed by atoms with Gasteiger partial charge in [0.2, 0.25) is 0 Å². The molecular weight excluding hydrogens is 280 g/mol. The van der Waals surface area contributed by atoms with Gasteiger partial charge in [0.1, 0.15) is 6.04 Å². The van der Waals surface area contributed by atoms with E-state index in [2.05, 4.69) is 22.1 Å². The van der Waals surface area contributed by atoms with Crippen molar-refractivity contribution in [3.05, 3.63) is 11.1 Å². The molecule has 0 radical (unpaired) electrons. The van der Waals surface area contributed by atoms with Crippen LogP contribution in [0.4, 0.5) is 5.13 Å². The molecule has 1 aromatic heterocycles. The summed E-state index contributed by atoms with van der Waals surface area (Å²) in [6.45, 7) is 6.43. The minimum Gasteiger partial charge on any atom is -0.480 e. The molecule has 20 heavy (non-hydrogen) atoms. The van der Waals surface area contributed by atoms with Crippen LogP contribution in [0.1, 0.15) is 18.7 Å². The van der Waals surface area contributed by atoms with Crippen LogP contribution >= 0.6 is 11.3 Å². The lowest BCUT2D eigenvalue weighted by atomic mass is 10.2. The van der Waals surface area contributed by atoms with Crippen LogP contribution in [-0.2, 0) is 9.53 Å². The number of nitrogens with two attached hydrogens (primary N) is 1. The molecule has 2 unspecified atom stereocenters. The number of hydrogen-bond donors (Lipinski definition) is 3. The van der Waals surface area contributed by atoms with Crippen molar-refractivity contribution in [2.75, 3.05) is 38.2 Å². The SMILES string of the molecule is CC(CN1CCOCC1)Nc1nc(C(N)C(=O)O)cs1. The number of morpholine rings is 1. The van der Waals surface area contributed by atoms with E-state index < -0.39 is 12.0 Å². The Balaban J connectivity index is 1.84. The van der Waals surface area contributed by atoms with Gasteiger partial charge in [-0.2, -0.15) is 0 Å². The molecule has 112 valence electrons. The van der Waals surface area contributed by atoms with Crippen molar-refractivity contribution in [1.82, 2.24) is 9.88 Å². The zero-order chi connectivity index (χ0) is 14.5. The van der Waals surface area contributed by atoms with Gasteiger partial charge in [0, 0.05) is 31.1 Å². The van der Waals surface area contributed by atoms with E-state index in [1.54, 1.807) is 5.38 Å². The molecule has 1 aliphatic heterocycles. The molecule has 1 aromatic rings. The number of aromatic nitrogens is 1. The largest absolute Gasteiger partial charge is 0.480 e. The number of ether oxygens (including phenoxy) is 1. The minimum atomic E-state index is -1.07. The minimum absolute atomic E-state index is 0.230. The quantitative estimate of drug-likeness (QED) is 0.697. The van der Waals surface area contributed by atoms with Gasteiger partial charge in [-0.1, -0.05) is 0 Å². The van der Waals surface area contributed by atoms with E-state index >= 15 is 0 Å². The van der Waals surface area contributed by atoms with Gasteiger partial charge in [-0.15, -0.1) is 11.3 Å². The van der Waals surface area contributed by atoms with Gasteiger partial charge in [0.25, 0.3) is 0 Å². The maximum atomic E-state index is 10.8. The lowest BCUT2D eigenvalue weighted by molar-refractivity contribution is -0.138. The predicted molar refractivity (Wildman–Crippen MR) is 77.0 cm³/mol. The summed E-state index contributed by atoms with van der Waals surface area (Å²) in [5.41, 5.74) is 5.92. The Morgan fingerprint density at radius 2 is 2.35 bits per heavy atom. The molecule has 0 amide bonds. The van der Waals surface area contributed by atoms with E-state index in [-0.39, 0.29) is 6.04 Å². The Morgan fingerprint density at radius 1 is 1.65 bits per heavy atom.